The monoisotopic (exact) mass is 870 g/mol. The van der Waals surface area contributed by atoms with Crippen LogP contribution in [-0.2, 0) is 32.0 Å². The fraction of sp³-hybridized carbons (Fsp3) is 0.302. The van der Waals surface area contributed by atoms with Crippen LogP contribution in [0.4, 0.5) is 0 Å². The van der Waals surface area contributed by atoms with Gasteiger partial charge in [-0.2, -0.15) is 10.5 Å². The summed E-state index contributed by atoms with van der Waals surface area (Å²) < 4.78 is 6.96. The highest BCUT2D eigenvalue weighted by molar-refractivity contribution is 9.08. The summed E-state index contributed by atoms with van der Waals surface area (Å²) in [6, 6.07) is 21.5. The Kier molecular flexibility index (Phi) is 12.1. The van der Waals surface area contributed by atoms with Gasteiger partial charge in [-0.05, 0) is 47.2 Å². The molecule has 60 heavy (non-hydrogen) atoms. The van der Waals surface area contributed by atoms with Crippen molar-refractivity contribution in [3.8, 4) is 12.1 Å². The number of rotatable bonds is 5. The predicted octanol–water partition coefficient (Wildman–Crippen LogP) is 5.87. The molecule has 16 nitrogen and oxygen atoms in total. The lowest BCUT2D eigenvalue weighted by molar-refractivity contribution is 0.339. The maximum atomic E-state index is 13.1. The molecule has 0 fully saturated rings. The normalized spacial score (nSPS) is 11.5. The molecule has 8 aromatic rings. The molecule has 0 atom stereocenters. The van der Waals surface area contributed by atoms with E-state index in [4.69, 9.17) is 5.26 Å². The molecule has 0 saturated carbocycles. The summed E-state index contributed by atoms with van der Waals surface area (Å²) in [6.45, 7) is 14.6. The van der Waals surface area contributed by atoms with Crippen molar-refractivity contribution in [2.45, 2.75) is 66.5 Å². The highest BCUT2D eigenvalue weighted by Crippen LogP contribution is 2.26. The number of aromatic nitrogens is 10. The molecule has 2 N–H and O–H groups in total. The quantitative estimate of drug-likeness (QED) is 0.196. The molecule has 306 valence electrons. The van der Waals surface area contributed by atoms with Gasteiger partial charge >= 0.3 is 0 Å². The van der Waals surface area contributed by atoms with Crippen LogP contribution in [0.2, 0.25) is 0 Å². The van der Waals surface area contributed by atoms with E-state index in [-0.39, 0.29) is 51.3 Å². The van der Waals surface area contributed by atoms with Crippen molar-refractivity contribution in [3.05, 3.63) is 138 Å². The van der Waals surface area contributed by atoms with Crippen LogP contribution in [0.25, 0.3) is 43.6 Å². The second kappa shape index (κ2) is 17.1. The first-order valence-electron chi connectivity index (χ1n) is 18.9. The van der Waals surface area contributed by atoms with E-state index in [0.717, 1.165) is 39.7 Å². The minimum absolute atomic E-state index is 0.0707. The van der Waals surface area contributed by atoms with Crippen LogP contribution in [0.15, 0.2) is 92.2 Å². The minimum atomic E-state index is -0.273. The minimum Gasteiger partial charge on any atom is -0.328 e. The van der Waals surface area contributed by atoms with Crippen molar-refractivity contribution in [2.24, 2.45) is 17.9 Å². The zero-order valence-electron chi connectivity index (χ0n) is 34.2. The molecule has 6 heterocycles. The first-order chi connectivity index (χ1) is 28.4. The molecule has 0 saturated heterocycles. The van der Waals surface area contributed by atoms with E-state index in [2.05, 4.69) is 98.2 Å². The van der Waals surface area contributed by atoms with Crippen molar-refractivity contribution in [3.63, 3.8) is 0 Å². The van der Waals surface area contributed by atoms with E-state index in [1.54, 1.807) is 68.0 Å². The smallest absolute Gasteiger partial charge is 0.273 e. The average Bonchev–Trinajstić information content (AvgIpc) is 3.74. The van der Waals surface area contributed by atoms with E-state index in [1.165, 1.54) is 9.36 Å². The molecular weight excluding hydrogens is 828 g/mol. The summed E-state index contributed by atoms with van der Waals surface area (Å²) in [5.41, 5.74) is 2.53. The van der Waals surface area contributed by atoms with E-state index in [0.29, 0.717) is 33.7 Å². The number of nitrogens with one attached hydrogen (secondary N) is 2. The second-order valence-electron chi connectivity index (χ2n) is 16.6. The van der Waals surface area contributed by atoms with Gasteiger partial charge in [0.15, 0.2) is 0 Å². The SMILES string of the molecule is CC(C)(C)Cn1c(CBr)cc2cnc(C#N)nc21.Cn1c(=O)c2ccccc2c(=O)n1Cc1cc2cnc(C#N)nc2n1CC(C)(C)C.O=c1[nH][nH]c(=O)c2ccccc12. The lowest BCUT2D eigenvalue weighted by Crippen LogP contribution is -2.37. The second-order valence-corrected chi connectivity index (χ2v) is 17.1. The van der Waals surface area contributed by atoms with E-state index >= 15 is 0 Å². The third-order valence-electron chi connectivity index (χ3n) is 9.34. The number of halogens is 1. The van der Waals surface area contributed by atoms with Gasteiger partial charge < -0.3 is 9.13 Å². The maximum Gasteiger partial charge on any atom is 0.273 e. The van der Waals surface area contributed by atoms with Gasteiger partial charge in [0.05, 0.1) is 28.1 Å². The van der Waals surface area contributed by atoms with Gasteiger partial charge in [-0.25, -0.2) is 29.3 Å². The summed E-state index contributed by atoms with van der Waals surface area (Å²) in [6.07, 6.45) is 3.33. The standard InChI is InChI=1S/C22H22N6O2.C13H15BrN4.C8H6N2O2/c1-22(2,3)13-27-15(9-14-11-24-18(10-23)25-19(14)27)12-28-21(30)17-8-6-5-7-16(17)20(29)26(28)4;1-13(2,3)8-18-10(5-14)4-9-7-16-11(6-15)17-12(9)18;11-7-5-3-1-2-4-6(5)8(12)10-9-7/h5-9,11H,12-13H2,1-4H3;4,7H,5,8H2,1-3H3;1-4H,(H,9,11)(H,10,12). The molecule has 0 bridgehead atoms. The Morgan fingerprint density at radius 1 is 0.650 bits per heavy atom. The molecule has 0 aliphatic carbocycles. The first kappa shape index (κ1) is 42.6. The van der Waals surface area contributed by atoms with Crippen LogP contribution in [-0.4, -0.2) is 48.6 Å². The lowest BCUT2D eigenvalue weighted by Gasteiger charge is -2.22. The van der Waals surface area contributed by atoms with E-state index < -0.39 is 0 Å². The van der Waals surface area contributed by atoms with Crippen molar-refractivity contribution >= 4 is 59.5 Å². The molecule has 0 spiro atoms. The van der Waals surface area contributed by atoms with Crippen LogP contribution < -0.4 is 22.2 Å². The molecule has 0 unspecified atom stereocenters. The van der Waals surface area contributed by atoms with Crippen LogP contribution in [0.1, 0.15) is 64.6 Å². The third-order valence-corrected chi connectivity index (χ3v) is 9.91. The third kappa shape index (κ3) is 9.16. The van der Waals surface area contributed by atoms with Gasteiger partial charge in [-0.1, -0.05) is 81.7 Å². The van der Waals surface area contributed by atoms with Gasteiger partial charge in [-0.3, -0.25) is 29.4 Å². The van der Waals surface area contributed by atoms with Gasteiger partial charge in [-0.15, -0.1) is 0 Å². The fourth-order valence-electron chi connectivity index (χ4n) is 6.71. The number of alkyl halides is 1. The van der Waals surface area contributed by atoms with Gasteiger partial charge in [0.2, 0.25) is 11.6 Å². The number of hydrogen-bond donors (Lipinski definition) is 2. The number of fused-ring (bicyclic) bond motifs is 4. The maximum absolute atomic E-state index is 13.1. The summed E-state index contributed by atoms with van der Waals surface area (Å²) in [5.74, 6) is 0.314. The topological polar surface area (TPSA) is 219 Å². The van der Waals surface area contributed by atoms with Gasteiger partial charge in [0, 0.05) is 60.0 Å². The van der Waals surface area contributed by atoms with Crippen LogP contribution in [0.5, 0.6) is 0 Å². The highest BCUT2D eigenvalue weighted by Gasteiger charge is 2.21. The molecule has 8 rings (SSSR count). The van der Waals surface area contributed by atoms with Gasteiger partial charge in [0.1, 0.15) is 23.4 Å². The number of hydrogen-bond acceptors (Lipinski definition) is 10. The summed E-state index contributed by atoms with van der Waals surface area (Å²) in [7, 11) is 1.60. The number of aromatic amines is 2. The van der Waals surface area contributed by atoms with Crippen molar-refractivity contribution < 1.29 is 0 Å². The van der Waals surface area contributed by atoms with Gasteiger partial charge in [0.25, 0.3) is 22.2 Å². The number of H-pyrrole nitrogens is 2. The van der Waals surface area contributed by atoms with Crippen molar-refractivity contribution in [2.75, 3.05) is 0 Å². The number of benzene rings is 2. The number of nitrogens with zero attached hydrogens (tertiary/aromatic N) is 10. The molecule has 6 aromatic heterocycles. The Morgan fingerprint density at radius 3 is 1.50 bits per heavy atom. The van der Waals surface area contributed by atoms with E-state index in [1.807, 2.05) is 22.8 Å². The lowest BCUT2D eigenvalue weighted by atomic mass is 9.97. The van der Waals surface area contributed by atoms with Crippen LogP contribution >= 0.6 is 15.9 Å². The Bertz CT molecular complexity index is 3180. The Labute approximate surface area is 351 Å². The Balaban J connectivity index is 0.000000169. The molecule has 17 heteroatoms. The highest BCUT2D eigenvalue weighted by atomic mass is 79.9. The molecule has 2 aromatic carbocycles. The van der Waals surface area contributed by atoms with Crippen molar-refractivity contribution in [1.82, 2.24) is 48.6 Å². The van der Waals surface area contributed by atoms with Crippen LogP contribution in [0.3, 0.4) is 0 Å². The van der Waals surface area contributed by atoms with Crippen LogP contribution in [0, 0.1) is 33.5 Å². The molecule has 0 radical (unpaired) electrons. The molecule has 0 aliphatic rings. The fourth-order valence-corrected chi connectivity index (χ4v) is 7.18. The largest absolute Gasteiger partial charge is 0.328 e. The zero-order chi connectivity index (χ0) is 43.5. The molecular formula is C43H43BrN12O4. The zero-order valence-corrected chi connectivity index (χ0v) is 35.8. The first-order valence-corrected chi connectivity index (χ1v) is 20.0. The summed E-state index contributed by atoms with van der Waals surface area (Å²) in [5, 5.41) is 26.8. The van der Waals surface area contributed by atoms with E-state index in [9.17, 15) is 24.4 Å². The summed E-state index contributed by atoms with van der Waals surface area (Å²) >= 11 is 3.50. The molecule has 0 aliphatic heterocycles. The predicted molar refractivity (Wildman–Crippen MR) is 234 cm³/mol. The summed E-state index contributed by atoms with van der Waals surface area (Å²) in [4.78, 5) is 64.9. The Hall–Kier alpha value is -6.98. The number of nitriles is 2. The Morgan fingerprint density at radius 2 is 1.07 bits per heavy atom. The average molecular weight is 872 g/mol. The van der Waals surface area contributed by atoms with Crippen molar-refractivity contribution in [1.29, 1.82) is 10.5 Å². The molecule has 0 amide bonds.